The van der Waals surface area contributed by atoms with Gasteiger partial charge < -0.3 is 14.4 Å². The molecular formula is C36H35NO4. The molecule has 9 rings (SSSR count). The molecule has 4 bridgehead atoms. The summed E-state index contributed by atoms with van der Waals surface area (Å²) in [7, 11) is 2.06. The molecule has 5 heteroatoms. The van der Waals surface area contributed by atoms with E-state index in [9.17, 15) is 9.59 Å². The van der Waals surface area contributed by atoms with Crippen LogP contribution in [0.25, 0.3) is 10.8 Å². The monoisotopic (exact) mass is 545 g/mol. The summed E-state index contributed by atoms with van der Waals surface area (Å²) in [6, 6.07) is 23.3. The summed E-state index contributed by atoms with van der Waals surface area (Å²) in [6.45, 7) is 2.26. The summed E-state index contributed by atoms with van der Waals surface area (Å²) in [5.74, 6) is -0.528. The number of carbonyl (C=O) groups excluding carboxylic acids is 2. The Balaban J connectivity index is 1.19. The summed E-state index contributed by atoms with van der Waals surface area (Å²) in [6.07, 6.45) is 9.59. The maximum atomic E-state index is 13.5. The van der Waals surface area contributed by atoms with Gasteiger partial charge in [0, 0.05) is 35.7 Å². The van der Waals surface area contributed by atoms with E-state index in [4.69, 9.17) is 9.47 Å². The lowest BCUT2D eigenvalue weighted by atomic mass is 9.53. The van der Waals surface area contributed by atoms with Crippen molar-refractivity contribution in [3.05, 3.63) is 101 Å². The minimum absolute atomic E-state index is 0.0202. The van der Waals surface area contributed by atoms with Crippen molar-refractivity contribution in [1.29, 1.82) is 0 Å². The molecule has 1 spiro atoms. The summed E-state index contributed by atoms with van der Waals surface area (Å²) >= 11 is 0. The lowest BCUT2D eigenvalue weighted by molar-refractivity contribution is -0.313. The van der Waals surface area contributed by atoms with Crippen molar-refractivity contribution in [3.63, 3.8) is 0 Å². The Labute approximate surface area is 240 Å². The summed E-state index contributed by atoms with van der Waals surface area (Å²) in [5.41, 5.74) is 4.22. The number of nitrogens with zero attached hydrogens (tertiary/aromatic N) is 1. The van der Waals surface area contributed by atoms with E-state index in [1.165, 1.54) is 28.3 Å². The average Bonchev–Trinajstić information content (AvgIpc) is 3.17. The molecule has 0 aromatic heterocycles. The van der Waals surface area contributed by atoms with Gasteiger partial charge in [0.15, 0.2) is 0 Å². The molecule has 2 heterocycles. The quantitative estimate of drug-likeness (QED) is 0.205. The second kappa shape index (κ2) is 8.82. The zero-order chi connectivity index (χ0) is 27.9. The number of anilines is 1. The zero-order valence-corrected chi connectivity index (χ0v) is 23.6. The second-order valence-electron chi connectivity index (χ2n) is 13.2. The van der Waals surface area contributed by atoms with Crippen LogP contribution in [0.15, 0.2) is 90.2 Å². The van der Waals surface area contributed by atoms with Crippen molar-refractivity contribution in [3.8, 4) is 0 Å². The van der Waals surface area contributed by atoms with Crippen molar-refractivity contribution in [1.82, 2.24) is 0 Å². The molecule has 0 N–H and O–H groups in total. The molecule has 4 aliphatic carbocycles. The van der Waals surface area contributed by atoms with E-state index in [1.54, 1.807) is 6.08 Å². The molecule has 0 amide bonds. The smallest absolute Gasteiger partial charge is 0.348 e. The molecule has 5 nitrogen and oxygen atoms in total. The second-order valence-corrected chi connectivity index (χ2v) is 13.2. The Bertz CT molecular complexity index is 1600. The van der Waals surface area contributed by atoms with E-state index in [0.717, 1.165) is 43.5 Å². The first-order chi connectivity index (χ1) is 19.9. The molecule has 4 saturated carbocycles. The van der Waals surface area contributed by atoms with E-state index in [-0.39, 0.29) is 17.4 Å². The predicted molar refractivity (Wildman–Crippen MR) is 158 cm³/mol. The summed E-state index contributed by atoms with van der Waals surface area (Å²) < 4.78 is 12.3. The van der Waals surface area contributed by atoms with Gasteiger partial charge in [-0.2, -0.15) is 0 Å². The number of carbonyl (C=O) groups is 2. The summed E-state index contributed by atoms with van der Waals surface area (Å²) in [4.78, 5) is 29.2. The molecule has 1 unspecified atom stereocenters. The molecule has 41 heavy (non-hydrogen) atoms. The Morgan fingerprint density at radius 2 is 1.44 bits per heavy atom. The van der Waals surface area contributed by atoms with Gasteiger partial charge in [-0.15, -0.1) is 0 Å². The fraction of sp³-hybridized carbons (Fsp3) is 0.389. The van der Waals surface area contributed by atoms with Gasteiger partial charge in [-0.25, -0.2) is 9.59 Å². The molecule has 208 valence electrons. The van der Waals surface area contributed by atoms with E-state index >= 15 is 0 Å². The average molecular weight is 546 g/mol. The van der Waals surface area contributed by atoms with Gasteiger partial charge >= 0.3 is 11.9 Å². The minimum atomic E-state index is -1.06. The number of esters is 2. The zero-order valence-electron chi connectivity index (χ0n) is 23.6. The highest BCUT2D eigenvalue weighted by atomic mass is 16.7. The molecule has 1 saturated heterocycles. The van der Waals surface area contributed by atoms with Gasteiger partial charge in [0.25, 0.3) is 5.79 Å². The van der Waals surface area contributed by atoms with Crippen LogP contribution < -0.4 is 4.90 Å². The number of fused-ring (bicyclic) bond motifs is 3. The van der Waals surface area contributed by atoms with Gasteiger partial charge in [0.1, 0.15) is 5.57 Å². The largest absolute Gasteiger partial charge is 0.418 e. The first kappa shape index (κ1) is 24.9. The third-order valence-electron chi connectivity index (χ3n) is 10.8. The SMILES string of the molecule is CN1/C(=C\C=C2C(=O)OC3(OC2=O)C2CC4CC(C2)CC3C4)C(C)(Cc2ccccc2)c2c1ccc1ccccc21. The molecule has 3 aromatic rings. The third-order valence-corrected chi connectivity index (χ3v) is 10.8. The van der Waals surface area contributed by atoms with Crippen molar-refractivity contribution < 1.29 is 19.1 Å². The van der Waals surface area contributed by atoms with E-state index in [0.29, 0.717) is 11.8 Å². The molecule has 5 fully saturated rings. The maximum Gasteiger partial charge on any atom is 0.348 e. The van der Waals surface area contributed by atoms with Crippen LogP contribution in [0.1, 0.15) is 50.2 Å². The highest BCUT2D eigenvalue weighted by Gasteiger charge is 2.64. The lowest BCUT2D eigenvalue weighted by Gasteiger charge is -2.59. The lowest BCUT2D eigenvalue weighted by Crippen LogP contribution is -2.63. The van der Waals surface area contributed by atoms with Crippen LogP contribution >= 0.6 is 0 Å². The molecule has 1 atom stereocenters. The van der Waals surface area contributed by atoms with Gasteiger partial charge in [-0.3, -0.25) is 0 Å². The number of likely N-dealkylation sites (N-methyl/N-ethyl adjacent to an activating group) is 1. The van der Waals surface area contributed by atoms with Crippen molar-refractivity contribution >= 4 is 28.4 Å². The fourth-order valence-corrected chi connectivity index (χ4v) is 9.20. The van der Waals surface area contributed by atoms with Crippen LogP contribution in [-0.2, 0) is 30.9 Å². The Hall–Kier alpha value is -3.86. The highest BCUT2D eigenvalue weighted by molar-refractivity contribution is 6.15. The van der Waals surface area contributed by atoms with Crippen LogP contribution in [0.2, 0.25) is 0 Å². The van der Waals surface area contributed by atoms with Crippen molar-refractivity contribution in [2.45, 2.75) is 56.7 Å². The number of rotatable bonds is 3. The number of ether oxygens (including phenoxy) is 2. The van der Waals surface area contributed by atoms with Crippen LogP contribution in [-0.4, -0.2) is 24.8 Å². The molecule has 2 aliphatic heterocycles. The van der Waals surface area contributed by atoms with Crippen LogP contribution in [0.3, 0.4) is 0 Å². The topological polar surface area (TPSA) is 55.8 Å². The van der Waals surface area contributed by atoms with Crippen LogP contribution in [0.5, 0.6) is 0 Å². The Morgan fingerprint density at radius 3 is 2.12 bits per heavy atom. The van der Waals surface area contributed by atoms with Crippen LogP contribution in [0, 0.1) is 23.7 Å². The Morgan fingerprint density at radius 1 is 0.805 bits per heavy atom. The van der Waals surface area contributed by atoms with E-state index in [2.05, 4.69) is 79.5 Å². The standard InChI is InChI=1S/C36H35NO4/c1-35(21-22-8-4-3-5-9-22)31(37(2)30-14-12-25-10-6-7-11-28(25)32(30)35)15-13-29-33(38)40-36(41-34(29)39)26-17-23-16-24(19-26)20-27(36)18-23/h3-15,23-24,26-27H,16-21H2,1-2H3/b29-13?,31-15-. The third kappa shape index (κ3) is 3.60. The van der Waals surface area contributed by atoms with E-state index < -0.39 is 23.1 Å². The highest BCUT2D eigenvalue weighted by Crippen LogP contribution is 2.61. The fourth-order valence-electron chi connectivity index (χ4n) is 9.20. The Kier molecular flexibility index (Phi) is 5.35. The van der Waals surface area contributed by atoms with Crippen molar-refractivity contribution in [2.75, 3.05) is 11.9 Å². The number of hydrogen-bond acceptors (Lipinski definition) is 5. The number of hydrogen-bond donors (Lipinski definition) is 0. The number of benzene rings is 3. The first-order valence-corrected chi connectivity index (χ1v) is 15.0. The maximum absolute atomic E-state index is 13.5. The predicted octanol–water partition coefficient (Wildman–Crippen LogP) is 6.85. The van der Waals surface area contributed by atoms with E-state index in [1.807, 2.05) is 12.1 Å². The molecule has 3 aromatic carbocycles. The van der Waals surface area contributed by atoms with Gasteiger partial charge in [0.2, 0.25) is 0 Å². The molecule has 6 aliphatic rings. The van der Waals surface area contributed by atoms with Crippen molar-refractivity contribution in [2.24, 2.45) is 23.7 Å². The van der Waals surface area contributed by atoms with Gasteiger partial charge in [0.05, 0.1) is 0 Å². The first-order valence-electron chi connectivity index (χ1n) is 15.0. The number of allylic oxidation sites excluding steroid dienone is 3. The van der Waals surface area contributed by atoms with Crippen LogP contribution in [0.4, 0.5) is 5.69 Å². The molecule has 0 radical (unpaired) electrons. The normalized spacial score (nSPS) is 34.3. The summed E-state index contributed by atoms with van der Waals surface area (Å²) in [5, 5.41) is 2.41. The minimum Gasteiger partial charge on any atom is -0.418 e. The van der Waals surface area contributed by atoms with Gasteiger partial charge in [-0.05, 0) is 97.4 Å². The van der Waals surface area contributed by atoms with Gasteiger partial charge in [-0.1, -0.05) is 60.7 Å². The molecular weight excluding hydrogens is 510 g/mol.